The van der Waals surface area contributed by atoms with Crippen molar-refractivity contribution in [2.24, 2.45) is 0 Å². The Bertz CT molecular complexity index is 280. The van der Waals surface area contributed by atoms with Crippen molar-refractivity contribution in [2.75, 3.05) is 18.2 Å². The number of carbonyl (C=O) groups is 1. The van der Waals surface area contributed by atoms with E-state index in [-0.39, 0.29) is 5.91 Å². The van der Waals surface area contributed by atoms with E-state index in [4.69, 9.17) is 0 Å². The van der Waals surface area contributed by atoms with Crippen LogP contribution in [0.1, 0.15) is 0 Å². The van der Waals surface area contributed by atoms with Crippen LogP contribution in [-0.4, -0.2) is 38.8 Å². The van der Waals surface area contributed by atoms with Crippen molar-refractivity contribution in [3.05, 3.63) is 18.5 Å². The van der Waals surface area contributed by atoms with Crippen molar-refractivity contribution >= 4 is 17.7 Å². The van der Waals surface area contributed by atoms with Gasteiger partial charge in [0.25, 0.3) is 0 Å². The molecule has 0 atom stereocenters. The lowest BCUT2D eigenvalue weighted by molar-refractivity contribution is -0.130. The largest absolute Gasteiger partial charge is 0.331 e. The van der Waals surface area contributed by atoms with Gasteiger partial charge in [0.2, 0.25) is 5.91 Å². The van der Waals surface area contributed by atoms with Gasteiger partial charge < -0.3 is 4.90 Å². The van der Waals surface area contributed by atoms with Crippen LogP contribution in [0.3, 0.4) is 0 Å². The summed E-state index contributed by atoms with van der Waals surface area (Å²) in [5.41, 5.74) is 0. The van der Waals surface area contributed by atoms with Crippen LogP contribution in [0.15, 0.2) is 18.5 Å². The van der Waals surface area contributed by atoms with Crippen LogP contribution in [-0.2, 0) is 11.3 Å². The third-order valence-electron chi connectivity index (χ3n) is 1.96. The molecule has 0 N–H and O–H groups in total. The molecule has 0 bridgehead atoms. The van der Waals surface area contributed by atoms with Crippen molar-refractivity contribution in [1.29, 1.82) is 0 Å². The lowest BCUT2D eigenvalue weighted by Crippen LogP contribution is -2.31. The van der Waals surface area contributed by atoms with E-state index in [1.54, 1.807) is 28.8 Å². The zero-order valence-electron chi connectivity index (χ0n) is 7.22. The summed E-state index contributed by atoms with van der Waals surface area (Å²) in [7, 11) is 0. The first kappa shape index (κ1) is 8.62. The van der Waals surface area contributed by atoms with E-state index in [0.717, 1.165) is 18.2 Å². The van der Waals surface area contributed by atoms with Gasteiger partial charge in [-0.3, -0.25) is 9.48 Å². The number of hydrogen-bond donors (Lipinski definition) is 0. The summed E-state index contributed by atoms with van der Waals surface area (Å²) in [6, 6.07) is 1.83. The number of carbonyl (C=O) groups excluding carboxylic acids is 1. The van der Waals surface area contributed by atoms with Crippen LogP contribution in [0, 0.1) is 0 Å². The quantitative estimate of drug-likeness (QED) is 0.689. The minimum absolute atomic E-state index is 0.161. The van der Waals surface area contributed by atoms with E-state index < -0.39 is 0 Å². The van der Waals surface area contributed by atoms with Crippen LogP contribution in [0.4, 0.5) is 0 Å². The molecule has 0 unspecified atom stereocenters. The second-order valence-electron chi connectivity index (χ2n) is 2.90. The molecule has 0 aliphatic carbocycles. The van der Waals surface area contributed by atoms with E-state index in [0.29, 0.717) is 6.54 Å². The fraction of sp³-hybridized carbons (Fsp3) is 0.500. The van der Waals surface area contributed by atoms with Crippen LogP contribution >= 0.6 is 11.8 Å². The molecule has 1 saturated heterocycles. The van der Waals surface area contributed by atoms with Gasteiger partial charge in [0.1, 0.15) is 6.54 Å². The first-order valence-corrected chi connectivity index (χ1v) is 5.35. The van der Waals surface area contributed by atoms with Gasteiger partial charge in [-0.25, -0.2) is 0 Å². The number of rotatable bonds is 2. The lowest BCUT2D eigenvalue weighted by Gasteiger charge is -2.13. The molecule has 70 valence electrons. The summed E-state index contributed by atoms with van der Waals surface area (Å²) in [5.74, 6) is 2.05. The van der Waals surface area contributed by atoms with Gasteiger partial charge in [0.05, 0.1) is 5.88 Å². The van der Waals surface area contributed by atoms with E-state index in [2.05, 4.69) is 5.10 Å². The van der Waals surface area contributed by atoms with Crippen molar-refractivity contribution in [2.45, 2.75) is 6.54 Å². The van der Waals surface area contributed by atoms with Gasteiger partial charge in [-0.1, -0.05) is 0 Å². The molecule has 0 spiro atoms. The summed E-state index contributed by atoms with van der Waals surface area (Å²) in [6.07, 6.45) is 3.49. The molecule has 5 heteroatoms. The topological polar surface area (TPSA) is 38.1 Å². The highest BCUT2D eigenvalue weighted by atomic mass is 32.2. The van der Waals surface area contributed by atoms with E-state index in [9.17, 15) is 4.79 Å². The summed E-state index contributed by atoms with van der Waals surface area (Å²) in [4.78, 5) is 13.4. The Morgan fingerprint density at radius 1 is 1.62 bits per heavy atom. The second-order valence-corrected chi connectivity index (χ2v) is 3.97. The average Bonchev–Trinajstić information content (AvgIpc) is 2.74. The Morgan fingerprint density at radius 3 is 3.15 bits per heavy atom. The highest BCUT2D eigenvalue weighted by Gasteiger charge is 2.18. The monoisotopic (exact) mass is 197 g/mol. The van der Waals surface area contributed by atoms with Gasteiger partial charge in [0, 0.05) is 24.7 Å². The Balaban J connectivity index is 1.91. The number of nitrogens with zero attached hydrogens (tertiary/aromatic N) is 3. The van der Waals surface area contributed by atoms with Gasteiger partial charge in [-0.15, -0.1) is 11.8 Å². The maximum absolute atomic E-state index is 11.6. The van der Waals surface area contributed by atoms with Crippen molar-refractivity contribution in [3.8, 4) is 0 Å². The number of amides is 1. The van der Waals surface area contributed by atoms with Crippen LogP contribution in [0.2, 0.25) is 0 Å². The summed E-state index contributed by atoms with van der Waals surface area (Å²) in [6.45, 7) is 1.25. The van der Waals surface area contributed by atoms with Crippen LogP contribution < -0.4 is 0 Å². The van der Waals surface area contributed by atoms with Crippen molar-refractivity contribution < 1.29 is 4.79 Å². The molecule has 4 nitrogen and oxygen atoms in total. The third kappa shape index (κ3) is 2.03. The molecule has 1 amide bonds. The summed E-state index contributed by atoms with van der Waals surface area (Å²) >= 11 is 1.80. The van der Waals surface area contributed by atoms with E-state index >= 15 is 0 Å². The summed E-state index contributed by atoms with van der Waals surface area (Å²) in [5, 5.41) is 3.99. The molecule has 2 heterocycles. The van der Waals surface area contributed by atoms with Crippen LogP contribution in [0.25, 0.3) is 0 Å². The molecule has 1 aromatic rings. The molecule has 0 radical (unpaired) electrons. The molecular weight excluding hydrogens is 186 g/mol. The zero-order valence-corrected chi connectivity index (χ0v) is 8.04. The lowest BCUT2D eigenvalue weighted by atomic mass is 10.5. The smallest absolute Gasteiger partial charge is 0.245 e. The molecule has 1 fully saturated rings. The van der Waals surface area contributed by atoms with Gasteiger partial charge >= 0.3 is 0 Å². The molecule has 2 rings (SSSR count). The number of hydrogen-bond acceptors (Lipinski definition) is 3. The predicted octanol–water partition coefficient (Wildman–Crippen LogP) is 0.416. The molecule has 1 aromatic heterocycles. The first-order chi connectivity index (χ1) is 6.36. The van der Waals surface area contributed by atoms with E-state index in [1.807, 2.05) is 11.0 Å². The molecule has 13 heavy (non-hydrogen) atoms. The normalized spacial score (nSPS) is 16.5. The summed E-state index contributed by atoms with van der Waals surface area (Å²) < 4.78 is 1.66. The Kier molecular flexibility index (Phi) is 2.54. The minimum Gasteiger partial charge on any atom is -0.331 e. The van der Waals surface area contributed by atoms with Gasteiger partial charge in [-0.2, -0.15) is 5.10 Å². The van der Waals surface area contributed by atoms with Gasteiger partial charge in [0.15, 0.2) is 0 Å². The molecular formula is C8H11N3OS. The minimum atomic E-state index is 0.161. The third-order valence-corrected chi connectivity index (χ3v) is 2.93. The van der Waals surface area contributed by atoms with Crippen LogP contribution in [0.5, 0.6) is 0 Å². The molecule has 1 aliphatic rings. The maximum Gasteiger partial charge on any atom is 0.245 e. The Morgan fingerprint density at radius 2 is 2.54 bits per heavy atom. The fourth-order valence-electron chi connectivity index (χ4n) is 1.24. The SMILES string of the molecule is O=C(Cn1cccn1)N1CCSC1. The standard InChI is InChI=1S/C8H11N3OS/c12-8(10-4-5-13-7-10)6-11-3-1-2-9-11/h1-3H,4-7H2. The van der Waals surface area contributed by atoms with Gasteiger partial charge in [-0.05, 0) is 6.07 Å². The number of aromatic nitrogens is 2. The van der Waals surface area contributed by atoms with E-state index in [1.165, 1.54) is 0 Å². The molecule has 0 saturated carbocycles. The predicted molar refractivity (Wildman–Crippen MR) is 51.3 cm³/mol. The fourth-order valence-corrected chi connectivity index (χ4v) is 2.22. The molecule has 1 aliphatic heterocycles. The highest BCUT2D eigenvalue weighted by molar-refractivity contribution is 7.99. The van der Waals surface area contributed by atoms with Crippen molar-refractivity contribution in [3.63, 3.8) is 0 Å². The maximum atomic E-state index is 11.6. The number of thioether (sulfide) groups is 1. The second kappa shape index (κ2) is 3.83. The Labute approximate surface area is 80.9 Å². The first-order valence-electron chi connectivity index (χ1n) is 4.19. The zero-order chi connectivity index (χ0) is 9.10. The Hall–Kier alpha value is -0.970. The molecule has 0 aromatic carbocycles. The average molecular weight is 197 g/mol. The van der Waals surface area contributed by atoms with Crippen molar-refractivity contribution in [1.82, 2.24) is 14.7 Å². The highest BCUT2D eigenvalue weighted by Crippen LogP contribution is 2.13.